The predicted molar refractivity (Wildman–Crippen MR) is 124 cm³/mol. The molecule has 8 heteroatoms. The highest BCUT2D eigenvalue weighted by molar-refractivity contribution is 5.80. The fourth-order valence-corrected chi connectivity index (χ4v) is 3.68. The number of methoxy groups -OCH3 is 1. The number of aliphatic imine (C=N–C) groups is 1. The molecule has 2 aliphatic rings. The first kappa shape index (κ1) is 25.7. The normalized spacial score (nSPS) is 18.2. The summed E-state index contributed by atoms with van der Waals surface area (Å²) in [5.41, 5.74) is -0.461. The van der Waals surface area contributed by atoms with Gasteiger partial charge in [0.15, 0.2) is 5.96 Å². The van der Waals surface area contributed by atoms with E-state index in [1.807, 2.05) is 25.7 Å². The average Bonchev–Trinajstić information content (AvgIpc) is 3.54. The Morgan fingerprint density at radius 1 is 1.13 bits per heavy atom. The van der Waals surface area contributed by atoms with Crippen molar-refractivity contribution in [2.24, 2.45) is 10.9 Å². The van der Waals surface area contributed by atoms with Crippen molar-refractivity contribution in [3.05, 3.63) is 0 Å². The van der Waals surface area contributed by atoms with Gasteiger partial charge in [-0.3, -0.25) is 4.99 Å². The number of rotatable bonds is 11. The maximum Gasteiger partial charge on any atom is 0.410 e. The van der Waals surface area contributed by atoms with Gasteiger partial charge in [0, 0.05) is 52.5 Å². The van der Waals surface area contributed by atoms with Gasteiger partial charge in [0.2, 0.25) is 0 Å². The van der Waals surface area contributed by atoms with Gasteiger partial charge >= 0.3 is 6.09 Å². The van der Waals surface area contributed by atoms with Crippen LogP contribution in [0.2, 0.25) is 0 Å². The van der Waals surface area contributed by atoms with Crippen molar-refractivity contribution in [2.45, 2.75) is 71.4 Å². The fraction of sp³-hybridized carbons (Fsp3) is 0.913. The number of carbonyl (C=O) groups is 1. The molecule has 0 radical (unpaired) electrons. The first-order chi connectivity index (χ1) is 14.8. The third-order valence-corrected chi connectivity index (χ3v) is 5.46. The van der Waals surface area contributed by atoms with E-state index in [0.717, 1.165) is 57.9 Å². The van der Waals surface area contributed by atoms with E-state index in [4.69, 9.17) is 19.2 Å². The lowest BCUT2D eigenvalue weighted by Gasteiger charge is -2.40. The van der Waals surface area contributed by atoms with Crippen molar-refractivity contribution < 1.29 is 19.0 Å². The summed E-state index contributed by atoms with van der Waals surface area (Å²) in [6.45, 7) is 14.0. The van der Waals surface area contributed by atoms with Crippen LogP contribution in [0.15, 0.2) is 4.99 Å². The molecule has 0 aromatic carbocycles. The van der Waals surface area contributed by atoms with Crippen LogP contribution in [0.4, 0.5) is 4.79 Å². The lowest BCUT2D eigenvalue weighted by molar-refractivity contribution is 0.00928. The monoisotopic (exact) mass is 440 g/mol. The maximum absolute atomic E-state index is 12.8. The number of nitrogens with zero attached hydrogens (tertiary/aromatic N) is 3. The van der Waals surface area contributed by atoms with Crippen molar-refractivity contribution in [3.8, 4) is 0 Å². The van der Waals surface area contributed by atoms with Crippen LogP contribution in [0.1, 0.15) is 59.8 Å². The smallest absolute Gasteiger partial charge is 0.410 e. The molecule has 1 saturated carbocycles. The molecule has 1 N–H and O–H groups in total. The summed E-state index contributed by atoms with van der Waals surface area (Å²) < 4.78 is 16.2. The molecule has 0 spiro atoms. The predicted octanol–water partition coefficient (Wildman–Crippen LogP) is 3.12. The largest absolute Gasteiger partial charge is 0.444 e. The number of nitrogens with one attached hydrogen (secondary N) is 1. The Morgan fingerprint density at radius 3 is 2.42 bits per heavy atom. The molecule has 1 heterocycles. The molecule has 1 amide bonds. The summed E-state index contributed by atoms with van der Waals surface area (Å²) in [5, 5.41) is 3.41. The summed E-state index contributed by atoms with van der Waals surface area (Å²) in [6, 6.07) is 0.240. The molecule has 0 aromatic rings. The van der Waals surface area contributed by atoms with Gasteiger partial charge in [-0.15, -0.1) is 0 Å². The van der Waals surface area contributed by atoms with E-state index >= 15 is 0 Å². The van der Waals surface area contributed by atoms with E-state index in [1.165, 1.54) is 12.8 Å². The Morgan fingerprint density at radius 2 is 1.84 bits per heavy atom. The van der Waals surface area contributed by atoms with Crippen molar-refractivity contribution >= 4 is 12.1 Å². The summed E-state index contributed by atoms with van der Waals surface area (Å²) in [4.78, 5) is 21.9. The van der Waals surface area contributed by atoms with Gasteiger partial charge in [0.05, 0.1) is 13.2 Å². The maximum atomic E-state index is 12.8. The molecular formula is C23H44N4O4. The van der Waals surface area contributed by atoms with Crippen LogP contribution in [-0.4, -0.2) is 93.1 Å². The first-order valence-corrected chi connectivity index (χ1v) is 11.9. The third kappa shape index (κ3) is 10.1. The number of carbonyl (C=O) groups excluding carboxylic acids is 1. The summed E-state index contributed by atoms with van der Waals surface area (Å²) in [7, 11) is 1.68. The van der Waals surface area contributed by atoms with Crippen LogP contribution in [0.25, 0.3) is 0 Å². The molecule has 2 rings (SSSR count). The van der Waals surface area contributed by atoms with E-state index in [-0.39, 0.29) is 12.1 Å². The second-order valence-electron chi connectivity index (χ2n) is 9.49. The molecule has 0 unspecified atom stereocenters. The Bertz CT molecular complexity index is 552. The molecule has 31 heavy (non-hydrogen) atoms. The Hall–Kier alpha value is -1.54. The van der Waals surface area contributed by atoms with E-state index in [9.17, 15) is 4.79 Å². The highest BCUT2D eigenvalue weighted by atomic mass is 16.6. The van der Waals surface area contributed by atoms with E-state index in [2.05, 4.69) is 17.1 Å². The zero-order valence-electron chi connectivity index (χ0n) is 20.3. The van der Waals surface area contributed by atoms with Crippen LogP contribution in [0, 0.1) is 5.92 Å². The van der Waals surface area contributed by atoms with Crippen LogP contribution < -0.4 is 5.32 Å². The van der Waals surface area contributed by atoms with E-state index in [0.29, 0.717) is 25.7 Å². The first-order valence-electron chi connectivity index (χ1n) is 11.9. The number of hydrogen-bond donors (Lipinski definition) is 1. The fourth-order valence-electron chi connectivity index (χ4n) is 3.68. The molecule has 2 fully saturated rings. The van der Waals surface area contributed by atoms with E-state index in [1.54, 1.807) is 7.11 Å². The molecular weight excluding hydrogens is 396 g/mol. The molecule has 1 aliphatic heterocycles. The van der Waals surface area contributed by atoms with Crippen LogP contribution in [-0.2, 0) is 14.2 Å². The highest BCUT2D eigenvalue weighted by Gasteiger charge is 2.35. The number of amides is 1. The Kier molecular flexibility index (Phi) is 10.9. The number of piperidine rings is 1. The Balaban J connectivity index is 1.84. The SMILES string of the molecule is CCNC(=NCCCOCCOC)N1CCC(N(CC2CC2)C(=O)OC(C)(C)C)CC1. The number of hydrogen-bond acceptors (Lipinski definition) is 5. The molecule has 0 aromatic heterocycles. The van der Waals surface area contributed by atoms with Gasteiger partial charge in [-0.25, -0.2) is 4.79 Å². The zero-order valence-corrected chi connectivity index (χ0v) is 20.3. The summed E-state index contributed by atoms with van der Waals surface area (Å²) in [5.74, 6) is 1.61. The lowest BCUT2D eigenvalue weighted by Crippen LogP contribution is -2.52. The quantitative estimate of drug-likeness (QED) is 0.302. The number of ether oxygens (including phenoxy) is 3. The van der Waals surface area contributed by atoms with Gasteiger partial charge in [-0.05, 0) is 65.7 Å². The minimum absolute atomic E-state index is 0.160. The average molecular weight is 441 g/mol. The molecule has 1 saturated heterocycles. The molecule has 180 valence electrons. The number of guanidine groups is 1. The van der Waals surface area contributed by atoms with Gasteiger partial charge in [0.1, 0.15) is 5.60 Å². The van der Waals surface area contributed by atoms with Crippen molar-refractivity contribution in [1.29, 1.82) is 0 Å². The standard InChI is InChI=1S/C23H44N4O4/c1-6-24-21(25-12-7-15-30-17-16-29-5)26-13-10-20(11-14-26)27(18-19-8-9-19)22(28)31-23(2,3)4/h19-20H,6-18H2,1-5H3,(H,24,25). The van der Waals surface area contributed by atoms with Crippen molar-refractivity contribution in [2.75, 3.05) is 59.7 Å². The third-order valence-electron chi connectivity index (χ3n) is 5.46. The van der Waals surface area contributed by atoms with Gasteiger partial charge < -0.3 is 29.3 Å². The van der Waals surface area contributed by atoms with Gasteiger partial charge in [-0.2, -0.15) is 0 Å². The van der Waals surface area contributed by atoms with Crippen LogP contribution >= 0.6 is 0 Å². The van der Waals surface area contributed by atoms with Crippen molar-refractivity contribution in [3.63, 3.8) is 0 Å². The molecule has 0 atom stereocenters. The minimum atomic E-state index is -0.461. The molecule has 8 nitrogen and oxygen atoms in total. The summed E-state index contributed by atoms with van der Waals surface area (Å²) >= 11 is 0. The highest BCUT2D eigenvalue weighted by Crippen LogP contribution is 2.32. The van der Waals surface area contributed by atoms with Gasteiger partial charge in [0.25, 0.3) is 0 Å². The number of likely N-dealkylation sites (tertiary alicyclic amines) is 1. The second kappa shape index (κ2) is 13.1. The summed E-state index contributed by atoms with van der Waals surface area (Å²) in [6.07, 6.45) is 5.07. The second-order valence-corrected chi connectivity index (χ2v) is 9.49. The zero-order chi connectivity index (χ0) is 22.7. The van der Waals surface area contributed by atoms with Crippen molar-refractivity contribution in [1.82, 2.24) is 15.1 Å². The molecule has 0 bridgehead atoms. The Labute approximate surface area is 188 Å². The minimum Gasteiger partial charge on any atom is -0.444 e. The van der Waals surface area contributed by atoms with Crippen LogP contribution in [0.5, 0.6) is 0 Å². The molecule has 1 aliphatic carbocycles. The van der Waals surface area contributed by atoms with E-state index < -0.39 is 5.60 Å². The van der Waals surface area contributed by atoms with Crippen LogP contribution in [0.3, 0.4) is 0 Å². The van der Waals surface area contributed by atoms with Gasteiger partial charge in [-0.1, -0.05) is 0 Å². The topological polar surface area (TPSA) is 75.6 Å². The lowest BCUT2D eigenvalue weighted by atomic mass is 10.0.